The molecule has 21 heavy (non-hydrogen) atoms. The zero-order valence-corrected chi connectivity index (χ0v) is 13.5. The van der Waals surface area contributed by atoms with Crippen molar-refractivity contribution >= 4 is 11.6 Å². The average Bonchev–Trinajstić information content (AvgIpc) is 3.31. The molecule has 1 aromatic rings. The molecule has 1 saturated carbocycles. The number of nitrogens with one attached hydrogen (secondary N) is 1. The largest absolute Gasteiger partial charge is 0.496 e. The van der Waals surface area contributed by atoms with Gasteiger partial charge < -0.3 is 10.1 Å². The number of nitrogens with zero attached hydrogens (tertiary/aromatic N) is 1. The lowest BCUT2D eigenvalue weighted by Crippen LogP contribution is -2.37. The summed E-state index contributed by atoms with van der Waals surface area (Å²) in [6.45, 7) is 4.49. The molecule has 1 heterocycles. The molecule has 3 rings (SSSR count). The first-order chi connectivity index (χ1) is 10.2. The highest BCUT2D eigenvalue weighted by Gasteiger charge is 2.24. The summed E-state index contributed by atoms with van der Waals surface area (Å²) in [6, 6.07) is 6.71. The Kier molecular flexibility index (Phi) is 5.04. The van der Waals surface area contributed by atoms with E-state index < -0.39 is 0 Å². The van der Waals surface area contributed by atoms with E-state index in [-0.39, 0.29) is 0 Å². The summed E-state index contributed by atoms with van der Waals surface area (Å²) in [4.78, 5) is 2.52. The Hall–Kier alpha value is -0.770. The maximum Gasteiger partial charge on any atom is 0.123 e. The van der Waals surface area contributed by atoms with Gasteiger partial charge >= 0.3 is 0 Å². The maximum atomic E-state index is 6.11. The molecule has 0 unspecified atom stereocenters. The normalized spacial score (nSPS) is 20.7. The molecule has 1 N–H and O–H groups in total. The van der Waals surface area contributed by atoms with Crippen LogP contribution in [0, 0.1) is 5.92 Å². The van der Waals surface area contributed by atoms with E-state index in [2.05, 4.69) is 10.2 Å². The SMILES string of the molecule is COc1ccc(Cl)cc1CN1CCC(CNC2CC2)CC1. The minimum absolute atomic E-state index is 0.786. The van der Waals surface area contributed by atoms with Gasteiger partial charge in [-0.1, -0.05) is 11.6 Å². The molecule has 1 aliphatic heterocycles. The summed E-state index contributed by atoms with van der Waals surface area (Å²) in [5.74, 6) is 1.79. The molecule has 0 bridgehead atoms. The first-order valence-electron chi connectivity index (χ1n) is 8.03. The number of benzene rings is 1. The van der Waals surface area contributed by atoms with E-state index in [0.717, 1.165) is 29.3 Å². The molecule has 3 nitrogen and oxygen atoms in total. The second kappa shape index (κ2) is 6.99. The summed E-state index contributed by atoms with van der Waals surface area (Å²) >= 11 is 6.11. The Morgan fingerprint density at radius 1 is 1.24 bits per heavy atom. The van der Waals surface area contributed by atoms with E-state index in [1.165, 1.54) is 50.9 Å². The zero-order chi connectivity index (χ0) is 14.7. The first-order valence-corrected chi connectivity index (χ1v) is 8.40. The molecule has 0 amide bonds. The third-order valence-corrected chi connectivity index (χ3v) is 4.85. The summed E-state index contributed by atoms with van der Waals surface area (Å²) in [6.07, 6.45) is 5.35. The predicted octanol–water partition coefficient (Wildman–Crippen LogP) is 3.31. The topological polar surface area (TPSA) is 24.5 Å². The van der Waals surface area contributed by atoms with Crippen LogP contribution in [-0.2, 0) is 6.54 Å². The lowest BCUT2D eigenvalue weighted by molar-refractivity contribution is 0.173. The van der Waals surface area contributed by atoms with Crippen LogP contribution in [0.2, 0.25) is 5.02 Å². The van der Waals surface area contributed by atoms with Gasteiger partial charge in [-0.05, 0) is 69.4 Å². The zero-order valence-electron chi connectivity index (χ0n) is 12.8. The molecule has 4 heteroatoms. The summed E-state index contributed by atoms with van der Waals surface area (Å²) < 4.78 is 5.44. The molecule has 0 atom stereocenters. The van der Waals surface area contributed by atoms with Crippen LogP contribution in [0.1, 0.15) is 31.2 Å². The van der Waals surface area contributed by atoms with E-state index >= 15 is 0 Å². The van der Waals surface area contributed by atoms with Crippen LogP contribution in [0.3, 0.4) is 0 Å². The molecule has 1 aliphatic carbocycles. The number of ether oxygens (including phenoxy) is 1. The molecular weight excluding hydrogens is 284 g/mol. The third-order valence-electron chi connectivity index (χ3n) is 4.62. The van der Waals surface area contributed by atoms with Crippen LogP contribution < -0.4 is 10.1 Å². The fourth-order valence-electron chi connectivity index (χ4n) is 3.08. The van der Waals surface area contributed by atoms with Crippen molar-refractivity contribution in [3.63, 3.8) is 0 Å². The number of halogens is 1. The molecule has 2 fully saturated rings. The lowest BCUT2D eigenvalue weighted by Gasteiger charge is -2.32. The number of hydrogen-bond donors (Lipinski definition) is 1. The average molecular weight is 309 g/mol. The van der Waals surface area contributed by atoms with E-state index in [4.69, 9.17) is 16.3 Å². The van der Waals surface area contributed by atoms with Crippen LogP contribution >= 0.6 is 11.6 Å². The van der Waals surface area contributed by atoms with Crippen molar-refractivity contribution in [3.05, 3.63) is 28.8 Å². The van der Waals surface area contributed by atoms with Gasteiger partial charge in [0.2, 0.25) is 0 Å². The van der Waals surface area contributed by atoms with E-state index in [9.17, 15) is 0 Å². The third kappa shape index (κ3) is 4.35. The smallest absolute Gasteiger partial charge is 0.123 e. The fourth-order valence-corrected chi connectivity index (χ4v) is 3.28. The van der Waals surface area contributed by atoms with Crippen LogP contribution in [-0.4, -0.2) is 37.7 Å². The molecule has 0 radical (unpaired) electrons. The Morgan fingerprint density at radius 2 is 2.00 bits per heavy atom. The first kappa shape index (κ1) is 15.1. The number of likely N-dealkylation sites (tertiary alicyclic amines) is 1. The van der Waals surface area contributed by atoms with Crippen LogP contribution in [0.15, 0.2) is 18.2 Å². The fraction of sp³-hybridized carbons (Fsp3) is 0.647. The molecule has 1 aromatic carbocycles. The summed E-state index contributed by atoms with van der Waals surface area (Å²) in [5, 5.41) is 4.45. The van der Waals surface area contributed by atoms with Gasteiger partial charge in [-0.25, -0.2) is 0 Å². The van der Waals surface area contributed by atoms with Crippen molar-refractivity contribution in [3.8, 4) is 5.75 Å². The van der Waals surface area contributed by atoms with Crippen molar-refractivity contribution < 1.29 is 4.74 Å². The van der Waals surface area contributed by atoms with Gasteiger partial charge in [0.15, 0.2) is 0 Å². The summed E-state index contributed by atoms with van der Waals surface area (Å²) in [5.41, 5.74) is 1.19. The van der Waals surface area contributed by atoms with Crippen LogP contribution in [0.5, 0.6) is 5.75 Å². The number of methoxy groups -OCH3 is 1. The standard InChI is InChI=1S/C17H25ClN2O/c1-21-17-5-2-15(18)10-14(17)12-20-8-6-13(7-9-20)11-19-16-3-4-16/h2,5,10,13,16,19H,3-4,6-9,11-12H2,1H3. The number of piperidine rings is 1. The Bertz CT molecular complexity index is 468. The monoisotopic (exact) mass is 308 g/mol. The Balaban J connectivity index is 1.49. The van der Waals surface area contributed by atoms with Gasteiger partial charge in [-0.3, -0.25) is 4.90 Å². The molecule has 0 spiro atoms. The Labute approximate surface area is 132 Å². The maximum absolute atomic E-state index is 6.11. The van der Waals surface area contributed by atoms with Gasteiger partial charge in [0.25, 0.3) is 0 Å². The van der Waals surface area contributed by atoms with Gasteiger partial charge in [0.05, 0.1) is 7.11 Å². The van der Waals surface area contributed by atoms with E-state index in [0.29, 0.717) is 0 Å². The highest BCUT2D eigenvalue weighted by molar-refractivity contribution is 6.30. The highest BCUT2D eigenvalue weighted by Crippen LogP contribution is 2.26. The number of hydrogen-bond acceptors (Lipinski definition) is 3. The van der Waals surface area contributed by atoms with Gasteiger partial charge in [0.1, 0.15) is 5.75 Å². The van der Waals surface area contributed by atoms with Crippen molar-refractivity contribution in [1.82, 2.24) is 10.2 Å². The quantitative estimate of drug-likeness (QED) is 0.872. The minimum atomic E-state index is 0.786. The molecule has 1 saturated heterocycles. The minimum Gasteiger partial charge on any atom is -0.496 e. The van der Waals surface area contributed by atoms with Crippen molar-refractivity contribution in [2.75, 3.05) is 26.7 Å². The van der Waals surface area contributed by atoms with E-state index in [1.54, 1.807) is 7.11 Å². The number of rotatable bonds is 6. The molecule has 2 aliphatic rings. The van der Waals surface area contributed by atoms with Gasteiger partial charge in [-0.2, -0.15) is 0 Å². The molecular formula is C17H25ClN2O. The second-order valence-electron chi connectivity index (χ2n) is 6.36. The second-order valence-corrected chi connectivity index (χ2v) is 6.79. The Morgan fingerprint density at radius 3 is 2.67 bits per heavy atom. The lowest BCUT2D eigenvalue weighted by atomic mass is 9.96. The molecule has 116 valence electrons. The summed E-state index contributed by atoms with van der Waals surface area (Å²) in [7, 11) is 1.72. The van der Waals surface area contributed by atoms with Crippen molar-refractivity contribution in [2.45, 2.75) is 38.3 Å². The van der Waals surface area contributed by atoms with E-state index in [1.807, 2.05) is 18.2 Å². The van der Waals surface area contributed by atoms with Gasteiger partial charge in [0, 0.05) is 23.2 Å². The highest BCUT2D eigenvalue weighted by atomic mass is 35.5. The van der Waals surface area contributed by atoms with Crippen molar-refractivity contribution in [2.24, 2.45) is 5.92 Å². The van der Waals surface area contributed by atoms with Crippen LogP contribution in [0.4, 0.5) is 0 Å². The van der Waals surface area contributed by atoms with Crippen molar-refractivity contribution in [1.29, 1.82) is 0 Å². The van der Waals surface area contributed by atoms with Gasteiger partial charge in [-0.15, -0.1) is 0 Å². The predicted molar refractivity (Wildman–Crippen MR) is 87.0 cm³/mol. The van der Waals surface area contributed by atoms with Crippen LogP contribution in [0.25, 0.3) is 0 Å². The molecule has 0 aromatic heterocycles.